The topological polar surface area (TPSA) is 127 Å². The van der Waals surface area contributed by atoms with Gasteiger partial charge in [-0.3, -0.25) is 9.59 Å². The highest BCUT2D eigenvalue weighted by molar-refractivity contribution is 5.85. The van der Waals surface area contributed by atoms with Gasteiger partial charge in [0, 0.05) is 0 Å². The van der Waals surface area contributed by atoms with E-state index in [1.54, 1.807) is 0 Å². The molecule has 0 saturated heterocycles. The molecule has 0 aliphatic heterocycles. The first kappa shape index (κ1) is 19.9. The Bertz CT molecular complexity index is 183. The van der Waals surface area contributed by atoms with E-state index in [4.69, 9.17) is 21.7 Å². The summed E-state index contributed by atoms with van der Waals surface area (Å²) in [6.07, 6.45) is 0.896. The van der Waals surface area contributed by atoms with Crippen LogP contribution in [0.15, 0.2) is 0 Å². The zero-order valence-corrected chi connectivity index (χ0v) is 9.59. The Balaban J connectivity index is -0.000000720. The maximum atomic E-state index is 10.2. The molecule has 0 aliphatic carbocycles. The van der Waals surface area contributed by atoms with E-state index < -0.39 is 24.0 Å². The summed E-state index contributed by atoms with van der Waals surface area (Å²) in [5.41, 5.74) is 10.4. The number of aliphatic carboxylic acids is 2. The normalized spacial score (nSPS) is 12.9. The van der Waals surface area contributed by atoms with Gasteiger partial charge < -0.3 is 21.7 Å². The third-order valence-corrected chi connectivity index (χ3v) is 1.66. The van der Waals surface area contributed by atoms with E-state index in [1.165, 1.54) is 0 Å². The Morgan fingerprint density at radius 2 is 1.20 bits per heavy atom. The van der Waals surface area contributed by atoms with E-state index in [9.17, 15) is 9.59 Å². The van der Waals surface area contributed by atoms with Crippen LogP contribution in [0.25, 0.3) is 0 Å². The molecule has 0 saturated carbocycles. The summed E-state index contributed by atoms with van der Waals surface area (Å²) in [5.74, 6) is -2.16. The second-order valence-corrected chi connectivity index (χ2v) is 2.82. The fraction of sp³-hybridized carbons (Fsp3) is 0.714. The van der Waals surface area contributed by atoms with E-state index in [2.05, 4.69) is 0 Å². The number of rotatable bonds is 6. The summed E-state index contributed by atoms with van der Waals surface area (Å²) in [6, 6.07) is -1.86. The van der Waals surface area contributed by atoms with Gasteiger partial charge in [0.25, 0.3) is 0 Å². The quantitative estimate of drug-likeness (QED) is 0.526. The van der Waals surface area contributed by atoms with Crippen LogP contribution in [0.2, 0.25) is 0 Å². The van der Waals surface area contributed by atoms with Crippen molar-refractivity contribution in [3.8, 4) is 0 Å². The lowest BCUT2D eigenvalue weighted by Crippen LogP contribution is -2.33. The highest BCUT2D eigenvalue weighted by Gasteiger charge is 2.14. The minimum Gasteiger partial charge on any atom is -0.480 e. The minimum absolute atomic E-state index is 0. The Kier molecular flexibility index (Phi) is 13.3. The van der Waals surface area contributed by atoms with Gasteiger partial charge in [-0.15, -0.1) is 24.8 Å². The molecule has 2 atom stereocenters. The summed E-state index contributed by atoms with van der Waals surface area (Å²) in [4.78, 5) is 20.5. The number of carboxylic acid groups (broad SMARTS) is 2. The molecule has 0 aromatic rings. The van der Waals surface area contributed by atoms with Gasteiger partial charge >= 0.3 is 11.9 Å². The molecule has 0 spiro atoms. The van der Waals surface area contributed by atoms with E-state index >= 15 is 0 Å². The lowest BCUT2D eigenvalue weighted by molar-refractivity contribution is -0.139. The van der Waals surface area contributed by atoms with Gasteiger partial charge in [-0.1, -0.05) is 0 Å². The molecule has 0 radical (unpaired) electrons. The minimum atomic E-state index is -1.08. The summed E-state index contributed by atoms with van der Waals surface area (Å²) in [5, 5.41) is 16.8. The van der Waals surface area contributed by atoms with Crippen LogP contribution in [-0.4, -0.2) is 34.2 Å². The largest absolute Gasteiger partial charge is 0.480 e. The van der Waals surface area contributed by atoms with Crippen LogP contribution in [0.1, 0.15) is 19.3 Å². The molecule has 92 valence electrons. The molecule has 8 heteroatoms. The molecular weight excluding hydrogens is 247 g/mol. The van der Waals surface area contributed by atoms with Crippen molar-refractivity contribution in [2.75, 3.05) is 0 Å². The first-order valence-electron chi connectivity index (χ1n) is 3.92. The number of hydrogen-bond acceptors (Lipinski definition) is 4. The number of carboxylic acids is 2. The fourth-order valence-electron chi connectivity index (χ4n) is 0.805. The van der Waals surface area contributed by atoms with Crippen molar-refractivity contribution >= 4 is 36.8 Å². The summed E-state index contributed by atoms with van der Waals surface area (Å²) < 4.78 is 0. The average molecular weight is 263 g/mol. The Morgan fingerprint density at radius 1 is 0.933 bits per heavy atom. The van der Waals surface area contributed by atoms with Crippen molar-refractivity contribution in [2.24, 2.45) is 11.5 Å². The standard InChI is InChI=1S/C7H14N2O4.2ClH/c8-4(6(10)11)2-1-3-5(9)7(12)13;;/h4-5H,1-3,8-9H2,(H,10,11)(H,12,13);2*1H/t4-,5+;;. The fourth-order valence-corrected chi connectivity index (χ4v) is 0.805. The highest BCUT2D eigenvalue weighted by Crippen LogP contribution is 2.01. The zero-order chi connectivity index (χ0) is 10.4. The predicted molar refractivity (Wildman–Crippen MR) is 59.6 cm³/mol. The summed E-state index contributed by atoms with van der Waals surface area (Å²) in [6.45, 7) is 0. The molecule has 6 nitrogen and oxygen atoms in total. The Morgan fingerprint density at radius 3 is 1.40 bits per heavy atom. The lowest BCUT2D eigenvalue weighted by Gasteiger charge is -2.07. The number of halogens is 2. The molecule has 0 bridgehead atoms. The third kappa shape index (κ3) is 9.74. The molecule has 0 aliphatic rings. The molecule has 0 aromatic heterocycles. The molecule has 0 amide bonds. The highest BCUT2D eigenvalue weighted by atomic mass is 35.5. The van der Waals surface area contributed by atoms with Crippen molar-refractivity contribution in [3.05, 3.63) is 0 Å². The predicted octanol–water partition coefficient (Wildman–Crippen LogP) is -0.176. The third-order valence-electron chi connectivity index (χ3n) is 1.66. The smallest absolute Gasteiger partial charge is 0.320 e. The van der Waals surface area contributed by atoms with Crippen LogP contribution in [0.3, 0.4) is 0 Å². The molecule has 0 aromatic carbocycles. The summed E-state index contributed by atoms with van der Waals surface area (Å²) >= 11 is 0. The maximum Gasteiger partial charge on any atom is 0.320 e. The van der Waals surface area contributed by atoms with Crippen LogP contribution in [0.4, 0.5) is 0 Å². The van der Waals surface area contributed by atoms with Crippen molar-refractivity contribution < 1.29 is 19.8 Å². The zero-order valence-electron chi connectivity index (χ0n) is 7.96. The first-order chi connectivity index (χ1) is 5.95. The second-order valence-electron chi connectivity index (χ2n) is 2.82. The van der Waals surface area contributed by atoms with Crippen molar-refractivity contribution in [3.63, 3.8) is 0 Å². The van der Waals surface area contributed by atoms with E-state index in [0.717, 1.165) is 0 Å². The van der Waals surface area contributed by atoms with Gasteiger partial charge in [-0.05, 0) is 19.3 Å². The van der Waals surface area contributed by atoms with Crippen LogP contribution in [0, 0.1) is 0 Å². The van der Waals surface area contributed by atoms with Crippen LogP contribution >= 0.6 is 24.8 Å². The number of carbonyl (C=O) groups is 2. The van der Waals surface area contributed by atoms with Gasteiger partial charge in [-0.25, -0.2) is 0 Å². The first-order valence-corrected chi connectivity index (χ1v) is 3.92. The van der Waals surface area contributed by atoms with Crippen molar-refractivity contribution in [1.29, 1.82) is 0 Å². The van der Waals surface area contributed by atoms with E-state index in [-0.39, 0.29) is 37.7 Å². The van der Waals surface area contributed by atoms with Gasteiger partial charge in [0.1, 0.15) is 12.1 Å². The molecule has 0 heterocycles. The van der Waals surface area contributed by atoms with Gasteiger partial charge in [-0.2, -0.15) is 0 Å². The van der Waals surface area contributed by atoms with Gasteiger partial charge in [0.15, 0.2) is 0 Å². The van der Waals surface area contributed by atoms with Gasteiger partial charge in [0.2, 0.25) is 0 Å². The molecule has 0 fully saturated rings. The number of hydrogen-bond donors (Lipinski definition) is 4. The summed E-state index contributed by atoms with van der Waals surface area (Å²) in [7, 11) is 0. The van der Waals surface area contributed by atoms with Crippen molar-refractivity contribution in [2.45, 2.75) is 31.3 Å². The van der Waals surface area contributed by atoms with E-state index in [0.29, 0.717) is 6.42 Å². The maximum absolute atomic E-state index is 10.2. The van der Waals surface area contributed by atoms with Gasteiger partial charge in [0.05, 0.1) is 0 Å². The Labute approximate surface area is 99.8 Å². The number of nitrogens with two attached hydrogens (primary N) is 2. The molecule has 15 heavy (non-hydrogen) atoms. The molecule has 0 rings (SSSR count). The SMILES string of the molecule is Cl.Cl.N[C@H](CCC[C@H](N)C(=O)O)C(=O)O. The monoisotopic (exact) mass is 262 g/mol. The average Bonchev–Trinajstić information content (AvgIpc) is 2.03. The molecular formula is C7H16Cl2N2O4. The molecule has 6 N–H and O–H groups in total. The Hall–Kier alpha value is -0.560. The molecule has 0 unspecified atom stereocenters. The van der Waals surface area contributed by atoms with Crippen LogP contribution < -0.4 is 11.5 Å². The van der Waals surface area contributed by atoms with Crippen LogP contribution in [-0.2, 0) is 9.59 Å². The lowest BCUT2D eigenvalue weighted by atomic mass is 10.1. The van der Waals surface area contributed by atoms with Crippen molar-refractivity contribution in [1.82, 2.24) is 0 Å². The van der Waals surface area contributed by atoms with E-state index in [1.807, 2.05) is 0 Å². The second kappa shape index (κ2) is 9.97. The van der Waals surface area contributed by atoms with Crippen LogP contribution in [0.5, 0.6) is 0 Å².